The summed E-state index contributed by atoms with van der Waals surface area (Å²) < 4.78 is 0. The van der Waals surface area contributed by atoms with Crippen LogP contribution < -0.4 is 10.6 Å². The zero-order valence-electron chi connectivity index (χ0n) is 14.0. The maximum Gasteiger partial charge on any atom is 0.303 e. The molecule has 1 unspecified atom stereocenters. The van der Waals surface area contributed by atoms with Crippen molar-refractivity contribution in [3.8, 4) is 0 Å². The van der Waals surface area contributed by atoms with Crippen molar-refractivity contribution in [3.63, 3.8) is 0 Å². The van der Waals surface area contributed by atoms with Crippen molar-refractivity contribution in [2.45, 2.75) is 57.0 Å². The Labute approximate surface area is 151 Å². The lowest BCUT2D eigenvalue weighted by Crippen LogP contribution is -2.50. The van der Waals surface area contributed by atoms with Gasteiger partial charge in [0, 0.05) is 23.0 Å². The largest absolute Gasteiger partial charge is 0.481 e. The number of carboxylic acid groups (broad SMARTS) is 1. The normalized spacial score (nSPS) is 16.0. The van der Waals surface area contributed by atoms with E-state index in [1.54, 1.807) is 18.2 Å². The SMILES string of the molecule is O=C(O)CCC(NC(=O)c1cccc(Cl)c1)C(=O)NC1CCCCC1. The molecule has 6 nitrogen and oxygen atoms in total. The van der Waals surface area contributed by atoms with Crippen molar-refractivity contribution in [1.29, 1.82) is 0 Å². The Hall–Kier alpha value is -2.08. The van der Waals surface area contributed by atoms with Gasteiger partial charge >= 0.3 is 5.97 Å². The minimum absolute atomic E-state index is 0.0419. The number of carbonyl (C=O) groups excluding carboxylic acids is 2. The van der Waals surface area contributed by atoms with Crippen LogP contribution in [0, 0.1) is 0 Å². The van der Waals surface area contributed by atoms with Crippen LogP contribution in [0.4, 0.5) is 0 Å². The summed E-state index contributed by atoms with van der Waals surface area (Å²) in [5, 5.41) is 14.9. The van der Waals surface area contributed by atoms with Gasteiger partial charge in [0.1, 0.15) is 6.04 Å². The summed E-state index contributed by atoms with van der Waals surface area (Å²) in [5.41, 5.74) is 0.332. The second-order valence-electron chi connectivity index (χ2n) is 6.31. The Balaban J connectivity index is 2.01. The summed E-state index contributed by atoms with van der Waals surface area (Å²) in [6.45, 7) is 0. The third-order valence-electron chi connectivity index (χ3n) is 4.31. The van der Waals surface area contributed by atoms with Gasteiger partial charge in [-0.25, -0.2) is 0 Å². The molecule has 3 N–H and O–H groups in total. The number of nitrogens with one attached hydrogen (secondary N) is 2. The van der Waals surface area contributed by atoms with E-state index in [1.807, 2.05) is 0 Å². The number of aliphatic carboxylic acids is 1. The molecule has 25 heavy (non-hydrogen) atoms. The smallest absolute Gasteiger partial charge is 0.303 e. The molecule has 0 aliphatic heterocycles. The molecule has 1 fully saturated rings. The highest BCUT2D eigenvalue weighted by molar-refractivity contribution is 6.31. The van der Waals surface area contributed by atoms with Crippen LogP contribution in [-0.2, 0) is 9.59 Å². The number of carbonyl (C=O) groups is 3. The van der Waals surface area contributed by atoms with Gasteiger partial charge in [-0.15, -0.1) is 0 Å². The van der Waals surface area contributed by atoms with Gasteiger partial charge in [-0.05, 0) is 37.5 Å². The number of benzene rings is 1. The Morgan fingerprint density at radius 3 is 2.56 bits per heavy atom. The average molecular weight is 367 g/mol. The maximum absolute atomic E-state index is 12.5. The van der Waals surface area contributed by atoms with E-state index < -0.39 is 17.9 Å². The number of rotatable bonds is 7. The molecule has 1 aromatic rings. The highest BCUT2D eigenvalue weighted by Crippen LogP contribution is 2.18. The van der Waals surface area contributed by atoms with Crippen molar-refractivity contribution in [3.05, 3.63) is 34.9 Å². The van der Waals surface area contributed by atoms with Crippen LogP contribution in [-0.4, -0.2) is 35.0 Å². The standard InChI is InChI=1S/C18H23ClN2O4/c19-13-6-4-5-12(11-13)17(24)21-15(9-10-16(22)23)18(25)20-14-7-2-1-3-8-14/h4-6,11,14-15H,1-3,7-10H2,(H,20,25)(H,21,24)(H,22,23). The lowest BCUT2D eigenvalue weighted by atomic mass is 9.95. The number of hydrogen-bond donors (Lipinski definition) is 3. The molecule has 1 saturated carbocycles. The summed E-state index contributed by atoms with van der Waals surface area (Å²) in [7, 11) is 0. The summed E-state index contributed by atoms with van der Waals surface area (Å²) in [5.74, 6) is -1.78. The minimum atomic E-state index is -1.01. The first-order valence-electron chi connectivity index (χ1n) is 8.54. The van der Waals surface area contributed by atoms with E-state index in [9.17, 15) is 14.4 Å². The van der Waals surface area contributed by atoms with Gasteiger partial charge < -0.3 is 15.7 Å². The van der Waals surface area contributed by atoms with Crippen LogP contribution >= 0.6 is 11.6 Å². The number of halogens is 1. The summed E-state index contributed by atoms with van der Waals surface area (Å²) in [4.78, 5) is 35.7. The molecule has 0 bridgehead atoms. The van der Waals surface area contributed by atoms with E-state index >= 15 is 0 Å². The predicted molar refractivity (Wildman–Crippen MR) is 94.6 cm³/mol. The highest BCUT2D eigenvalue weighted by atomic mass is 35.5. The van der Waals surface area contributed by atoms with E-state index in [0.717, 1.165) is 25.7 Å². The predicted octanol–water partition coefficient (Wildman–Crippen LogP) is 2.75. The van der Waals surface area contributed by atoms with Crippen LogP contribution in [0.1, 0.15) is 55.3 Å². The zero-order chi connectivity index (χ0) is 18.2. The van der Waals surface area contributed by atoms with Crippen molar-refractivity contribution >= 4 is 29.4 Å². The van der Waals surface area contributed by atoms with Gasteiger partial charge in [-0.1, -0.05) is 36.9 Å². The number of amides is 2. The number of hydrogen-bond acceptors (Lipinski definition) is 3. The summed E-state index contributed by atoms with van der Waals surface area (Å²) in [6, 6.07) is 5.60. The second kappa shape index (κ2) is 9.42. The molecule has 0 spiro atoms. The van der Waals surface area contributed by atoms with Crippen LogP contribution in [0.15, 0.2) is 24.3 Å². The molecule has 0 saturated heterocycles. The van der Waals surface area contributed by atoms with Gasteiger partial charge in [0.15, 0.2) is 0 Å². The first-order valence-corrected chi connectivity index (χ1v) is 8.92. The van der Waals surface area contributed by atoms with Crippen LogP contribution in [0.25, 0.3) is 0 Å². The van der Waals surface area contributed by atoms with Crippen molar-refractivity contribution in [2.24, 2.45) is 0 Å². The van der Waals surface area contributed by atoms with Crippen LogP contribution in [0.2, 0.25) is 5.02 Å². The first kappa shape index (κ1) is 19.2. The number of carboxylic acids is 1. The molecule has 0 radical (unpaired) electrons. The molecule has 7 heteroatoms. The van der Waals surface area contributed by atoms with E-state index in [0.29, 0.717) is 10.6 Å². The molecule has 1 atom stereocenters. The Bertz CT molecular complexity index is 629. The van der Waals surface area contributed by atoms with Crippen molar-refractivity contribution in [1.82, 2.24) is 10.6 Å². The first-order chi connectivity index (χ1) is 12.0. The summed E-state index contributed by atoms with van der Waals surface area (Å²) in [6.07, 6.45) is 4.98. The zero-order valence-corrected chi connectivity index (χ0v) is 14.7. The van der Waals surface area contributed by atoms with Crippen molar-refractivity contribution < 1.29 is 19.5 Å². The monoisotopic (exact) mass is 366 g/mol. The average Bonchev–Trinajstić information content (AvgIpc) is 2.59. The molecule has 0 heterocycles. The van der Waals surface area contributed by atoms with Crippen LogP contribution in [0.3, 0.4) is 0 Å². The fourth-order valence-electron chi connectivity index (χ4n) is 2.96. The van der Waals surface area contributed by atoms with Crippen LogP contribution in [0.5, 0.6) is 0 Å². The fourth-order valence-corrected chi connectivity index (χ4v) is 3.15. The van der Waals surface area contributed by atoms with Gasteiger partial charge in [0.25, 0.3) is 5.91 Å². The maximum atomic E-state index is 12.5. The lowest BCUT2D eigenvalue weighted by Gasteiger charge is -2.26. The molecular formula is C18H23ClN2O4. The third kappa shape index (κ3) is 6.38. The van der Waals surface area contributed by atoms with Gasteiger partial charge in [0.05, 0.1) is 0 Å². The topological polar surface area (TPSA) is 95.5 Å². The molecule has 136 valence electrons. The lowest BCUT2D eigenvalue weighted by molar-refractivity contribution is -0.137. The molecule has 1 aliphatic carbocycles. The molecular weight excluding hydrogens is 344 g/mol. The van der Waals surface area contributed by atoms with Crippen molar-refractivity contribution in [2.75, 3.05) is 0 Å². The quantitative estimate of drug-likeness (QED) is 0.691. The minimum Gasteiger partial charge on any atom is -0.481 e. The molecule has 1 aliphatic rings. The van der Waals surface area contributed by atoms with Gasteiger partial charge in [-0.3, -0.25) is 14.4 Å². The molecule has 2 rings (SSSR count). The van der Waals surface area contributed by atoms with Gasteiger partial charge in [0.2, 0.25) is 5.91 Å². The molecule has 0 aromatic heterocycles. The summed E-state index contributed by atoms with van der Waals surface area (Å²) >= 11 is 5.88. The van der Waals surface area contributed by atoms with E-state index in [1.165, 1.54) is 12.5 Å². The molecule has 1 aromatic carbocycles. The Kier molecular flexibility index (Phi) is 7.25. The van der Waals surface area contributed by atoms with E-state index in [4.69, 9.17) is 16.7 Å². The Morgan fingerprint density at radius 2 is 1.92 bits per heavy atom. The fraction of sp³-hybridized carbons (Fsp3) is 0.500. The van der Waals surface area contributed by atoms with E-state index in [-0.39, 0.29) is 24.8 Å². The van der Waals surface area contributed by atoms with E-state index in [2.05, 4.69) is 10.6 Å². The third-order valence-corrected chi connectivity index (χ3v) is 4.54. The molecule has 2 amide bonds. The van der Waals surface area contributed by atoms with Gasteiger partial charge in [-0.2, -0.15) is 0 Å². The second-order valence-corrected chi connectivity index (χ2v) is 6.75. The highest BCUT2D eigenvalue weighted by Gasteiger charge is 2.25. The Morgan fingerprint density at radius 1 is 1.20 bits per heavy atom.